The molecule has 1 amide bonds. The van der Waals surface area contributed by atoms with Crippen LogP contribution in [0.5, 0.6) is 0 Å². The number of thiophene rings is 1. The molecule has 23 heavy (non-hydrogen) atoms. The number of hydrogen-bond donors (Lipinski definition) is 1. The molecule has 0 spiro atoms. The molecule has 118 valence electrons. The Hall–Kier alpha value is -2.18. The van der Waals surface area contributed by atoms with Crippen LogP contribution in [-0.2, 0) is 11.2 Å². The number of rotatable bonds is 4. The van der Waals surface area contributed by atoms with Crippen molar-refractivity contribution in [1.29, 1.82) is 0 Å². The highest BCUT2D eigenvalue weighted by Gasteiger charge is 2.15. The lowest BCUT2D eigenvalue weighted by atomic mass is 10.2. The van der Waals surface area contributed by atoms with Gasteiger partial charge in [0.2, 0.25) is 11.8 Å². The van der Waals surface area contributed by atoms with Crippen molar-refractivity contribution >= 4 is 34.5 Å². The van der Waals surface area contributed by atoms with Gasteiger partial charge in [-0.25, -0.2) is 9.37 Å². The molecule has 2 aromatic heterocycles. The van der Waals surface area contributed by atoms with Crippen molar-refractivity contribution in [3.63, 3.8) is 0 Å². The number of amides is 1. The molecule has 3 rings (SSSR count). The Kier molecular flexibility index (Phi) is 4.45. The van der Waals surface area contributed by atoms with Gasteiger partial charge in [-0.1, -0.05) is 17.7 Å². The van der Waals surface area contributed by atoms with Crippen molar-refractivity contribution in [3.05, 3.63) is 58.0 Å². The first-order valence-corrected chi connectivity index (χ1v) is 8.04. The maximum Gasteiger partial charge on any atom is 0.236 e. The molecule has 0 aliphatic carbocycles. The van der Waals surface area contributed by atoms with Crippen LogP contribution in [0.25, 0.3) is 10.8 Å². The molecule has 0 aliphatic heterocycles. The Labute approximate surface area is 140 Å². The predicted octanol–water partition coefficient (Wildman–Crippen LogP) is 4.69. The third kappa shape index (κ3) is 3.60. The number of benzene rings is 1. The summed E-state index contributed by atoms with van der Waals surface area (Å²) >= 11 is 7.21. The topological polar surface area (TPSA) is 55.1 Å². The van der Waals surface area contributed by atoms with Crippen LogP contribution in [0.3, 0.4) is 0 Å². The Balaban J connectivity index is 1.71. The largest absolute Gasteiger partial charge is 0.440 e. The van der Waals surface area contributed by atoms with Gasteiger partial charge in [0.15, 0.2) is 0 Å². The predicted molar refractivity (Wildman–Crippen MR) is 88.3 cm³/mol. The number of anilines is 1. The summed E-state index contributed by atoms with van der Waals surface area (Å²) < 4.78 is 18.7. The summed E-state index contributed by atoms with van der Waals surface area (Å²) in [5, 5.41) is 4.55. The zero-order chi connectivity index (χ0) is 16.4. The van der Waals surface area contributed by atoms with Crippen molar-refractivity contribution < 1.29 is 13.6 Å². The molecule has 0 saturated carbocycles. The summed E-state index contributed by atoms with van der Waals surface area (Å²) in [7, 11) is 0. The number of halogens is 2. The number of aryl methyl sites for hydroxylation is 1. The van der Waals surface area contributed by atoms with E-state index in [-0.39, 0.29) is 17.4 Å². The maximum atomic E-state index is 13.1. The van der Waals surface area contributed by atoms with E-state index in [9.17, 15) is 9.18 Å². The van der Waals surface area contributed by atoms with Crippen LogP contribution in [0.15, 0.2) is 40.1 Å². The van der Waals surface area contributed by atoms with E-state index < -0.39 is 5.82 Å². The van der Waals surface area contributed by atoms with E-state index in [0.717, 1.165) is 4.88 Å². The molecule has 0 unspecified atom stereocenters. The number of nitrogens with zero attached hydrogens (tertiary/aromatic N) is 1. The minimum absolute atomic E-state index is 0.0413. The number of carbonyl (C=O) groups is 1. The van der Waals surface area contributed by atoms with Crippen LogP contribution in [0, 0.1) is 12.7 Å². The van der Waals surface area contributed by atoms with Gasteiger partial charge in [0.05, 0.1) is 22.0 Å². The van der Waals surface area contributed by atoms with Gasteiger partial charge in [0.1, 0.15) is 11.6 Å². The van der Waals surface area contributed by atoms with Gasteiger partial charge in [-0.2, -0.15) is 0 Å². The monoisotopic (exact) mass is 350 g/mol. The molecule has 0 bridgehead atoms. The van der Waals surface area contributed by atoms with Crippen molar-refractivity contribution in [2.75, 3.05) is 5.32 Å². The van der Waals surface area contributed by atoms with Gasteiger partial charge in [-0.3, -0.25) is 4.79 Å². The molecule has 1 aromatic carbocycles. The highest BCUT2D eigenvalue weighted by atomic mass is 35.5. The van der Waals surface area contributed by atoms with Gasteiger partial charge < -0.3 is 9.73 Å². The summed E-state index contributed by atoms with van der Waals surface area (Å²) in [6.07, 6.45) is 0.0652. The Morgan fingerprint density at radius 3 is 2.96 bits per heavy atom. The van der Waals surface area contributed by atoms with Crippen LogP contribution in [0.2, 0.25) is 5.02 Å². The second-order valence-corrected chi connectivity index (χ2v) is 6.21. The van der Waals surface area contributed by atoms with E-state index in [0.29, 0.717) is 23.0 Å². The van der Waals surface area contributed by atoms with Crippen molar-refractivity contribution in [2.45, 2.75) is 13.3 Å². The van der Waals surface area contributed by atoms with Crippen molar-refractivity contribution in [3.8, 4) is 10.8 Å². The molecule has 0 fully saturated rings. The molecule has 7 heteroatoms. The minimum Gasteiger partial charge on any atom is -0.440 e. The standard InChI is InChI=1S/C16H12ClFN2O2S/c1-9-13(20-16(22-9)14-3-2-6-23-14)8-15(21)19-10-4-5-12(18)11(17)7-10/h2-7H,8H2,1H3,(H,19,21). The molecule has 4 nitrogen and oxygen atoms in total. The molecule has 2 heterocycles. The van der Waals surface area contributed by atoms with Crippen LogP contribution in [0.4, 0.5) is 10.1 Å². The van der Waals surface area contributed by atoms with E-state index in [2.05, 4.69) is 10.3 Å². The summed E-state index contributed by atoms with van der Waals surface area (Å²) in [6.45, 7) is 1.77. The lowest BCUT2D eigenvalue weighted by molar-refractivity contribution is -0.115. The van der Waals surface area contributed by atoms with Crippen molar-refractivity contribution in [2.24, 2.45) is 0 Å². The minimum atomic E-state index is -0.530. The molecule has 0 radical (unpaired) electrons. The first-order valence-electron chi connectivity index (χ1n) is 6.78. The summed E-state index contributed by atoms with van der Waals surface area (Å²) in [4.78, 5) is 17.4. The lowest BCUT2D eigenvalue weighted by Crippen LogP contribution is -2.15. The molecule has 1 N–H and O–H groups in total. The average Bonchev–Trinajstić information content (AvgIpc) is 3.13. The molecule has 0 atom stereocenters. The normalized spacial score (nSPS) is 10.7. The fraction of sp³-hybridized carbons (Fsp3) is 0.125. The van der Waals surface area contributed by atoms with Gasteiger partial charge in [-0.05, 0) is 36.6 Å². The van der Waals surface area contributed by atoms with Crippen LogP contribution >= 0.6 is 22.9 Å². The van der Waals surface area contributed by atoms with E-state index >= 15 is 0 Å². The fourth-order valence-corrected chi connectivity index (χ4v) is 2.86. The van der Waals surface area contributed by atoms with Gasteiger partial charge in [0, 0.05) is 5.69 Å². The Morgan fingerprint density at radius 2 is 2.26 bits per heavy atom. The first kappa shape index (κ1) is 15.7. The number of aromatic nitrogens is 1. The molecule has 0 aliphatic rings. The van der Waals surface area contributed by atoms with E-state index in [4.69, 9.17) is 16.0 Å². The second-order valence-electron chi connectivity index (χ2n) is 4.85. The van der Waals surface area contributed by atoms with E-state index in [1.165, 1.54) is 29.5 Å². The fourth-order valence-electron chi connectivity index (χ4n) is 2.03. The molecular weight excluding hydrogens is 339 g/mol. The summed E-state index contributed by atoms with van der Waals surface area (Å²) in [5.74, 6) is 0.297. The van der Waals surface area contributed by atoms with Gasteiger partial charge >= 0.3 is 0 Å². The highest BCUT2D eigenvalue weighted by molar-refractivity contribution is 7.13. The first-order chi connectivity index (χ1) is 11.0. The Bertz CT molecular complexity index is 846. The average molecular weight is 351 g/mol. The van der Waals surface area contributed by atoms with E-state index in [1.54, 1.807) is 6.92 Å². The highest BCUT2D eigenvalue weighted by Crippen LogP contribution is 2.26. The van der Waals surface area contributed by atoms with Crippen LogP contribution in [-0.4, -0.2) is 10.9 Å². The zero-order valence-electron chi connectivity index (χ0n) is 12.1. The van der Waals surface area contributed by atoms with Crippen LogP contribution < -0.4 is 5.32 Å². The number of oxazole rings is 1. The third-order valence-electron chi connectivity index (χ3n) is 3.16. The second kappa shape index (κ2) is 6.52. The smallest absolute Gasteiger partial charge is 0.236 e. The molecule has 3 aromatic rings. The SMILES string of the molecule is Cc1oc(-c2cccs2)nc1CC(=O)Nc1ccc(F)c(Cl)c1. The van der Waals surface area contributed by atoms with Crippen molar-refractivity contribution in [1.82, 2.24) is 4.98 Å². The van der Waals surface area contributed by atoms with E-state index in [1.807, 2.05) is 17.5 Å². The van der Waals surface area contributed by atoms with Gasteiger partial charge in [0.25, 0.3) is 0 Å². The third-order valence-corrected chi connectivity index (χ3v) is 4.30. The van der Waals surface area contributed by atoms with Gasteiger partial charge in [-0.15, -0.1) is 11.3 Å². The number of nitrogens with one attached hydrogen (secondary N) is 1. The molecular formula is C16H12ClFN2O2S. The summed E-state index contributed by atoms with van der Waals surface area (Å²) in [5.41, 5.74) is 1.00. The quantitative estimate of drug-likeness (QED) is 0.743. The lowest BCUT2D eigenvalue weighted by Gasteiger charge is -2.05. The number of carbonyl (C=O) groups excluding carboxylic acids is 1. The zero-order valence-corrected chi connectivity index (χ0v) is 13.7. The Morgan fingerprint density at radius 1 is 1.43 bits per heavy atom. The molecule has 0 saturated heterocycles. The maximum absolute atomic E-state index is 13.1. The summed E-state index contributed by atoms with van der Waals surface area (Å²) in [6, 6.07) is 7.83. The number of hydrogen-bond acceptors (Lipinski definition) is 4. The van der Waals surface area contributed by atoms with Crippen LogP contribution in [0.1, 0.15) is 11.5 Å².